The van der Waals surface area contributed by atoms with Crippen LogP contribution in [0.15, 0.2) is 30.9 Å². The van der Waals surface area contributed by atoms with E-state index in [2.05, 4.69) is 11.9 Å². The number of nitrogens with zero attached hydrogens (tertiary/aromatic N) is 1. The molecule has 1 fully saturated rings. The normalized spacial score (nSPS) is 15.5. The quantitative estimate of drug-likeness (QED) is 0.824. The van der Waals surface area contributed by atoms with E-state index in [0.717, 1.165) is 37.8 Å². The van der Waals surface area contributed by atoms with E-state index in [1.165, 1.54) is 12.5 Å². The van der Waals surface area contributed by atoms with E-state index in [-0.39, 0.29) is 17.8 Å². The third-order valence-electron chi connectivity index (χ3n) is 3.77. The first-order chi connectivity index (χ1) is 10.1. The highest BCUT2D eigenvalue weighted by molar-refractivity contribution is 5.89. The lowest BCUT2D eigenvalue weighted by Crippen LogP contribution is -2.43. The minimum atomic E-state index is -0.972. The maximum atomic E-state index is 13.2. The minimum Gasteiger partial charge on any atom is -0.318 e. The molecule has 3 nitrogen and oxygen atoms in total. The Labute approximate surface area is 123 Å². The molecule has 0 spiro atoms. The van der Waals surface area contributed by atoms with Gasteiger partial charge in [-0.25, -0.2) is 13.6 Å². The third kappa shape index (κ3) is 4.03. The fraction of sp³-hybridized carbons (Fsp3) is 0.438. The van der Waals surface area contributed by atoms with E-state index < -0.39 is 11.6 Å². The SMILES string of the molecule is C=CCN(C(=O)Nc1ccc(F)c(F)c1)C1CCCCC1. The Morgan fingerprint density at radius 3 is 2.62 bits per heavy atom. The summed E-state index contributed by atoms with van der Waals surface area (Å²) >= 11 is 0. The zero-order chi connectivity index (χ0) is 15.2. The maximum Gasteiger partial charge on any atom is 0.322 e. The summed E-state index contributed by atoms with van der Waals surface area (Å²) in [5.41, 5.74) is 0.253. The lowest BCUT2D eigenvalue weighted by Gasteiger charge is -2.33. The van der Waals surface area contributed by atoms with Gasteiger partial charge in [-0.2, -0.15) is 0 Å². The predicted molar refractivity (Wildman–Crippen MR) is 79.2 cm³/mol. The summed E-state index contributed by atoms with van der Waals surface area (Å²) in [7, 11) is 0. The topological polar surface area (TPSA) is 32.3 Å². The van der Waals surface area contributed by atoms with Gasteiger partial charge in [0, 0.05) is 24.3 Å². The summed E-state index contributed by atoms with van der Waals surface area (Å²) in [6, 6.07) is 3.22. The van der Waals surface area contributed by atoms with Crippen LogP contribution >= 0.6 is 0 Å². The molecule has 0 aliphatic heterocycles. The number of urea groups is 1. The molecule has 1 saturated carbocycles. The van der Waals surface area contributed by atoms with Gasteiger partial charge >= 0.3 is 6.03 Å². The lowest BCUT2D eigenvalue weighted by molar-refractivity contribution is 0.176. The Morgan fingerprint density at radius 2 is 2.00 bits per heavy atom. The Balaban J connectivity index is 2.06. The number of amides is 2. The zero-order valence-electron chi connectivity index (χ0n) is 11.9. The van der Waals surface area contributed by atoms with Gasteiger partial charge in [-0.15, -0.1) is 6.58 Å². The first-order valence-corrected chi connectivity index (χ1v) is 7.25. The molecule has 1 aliphatic rings. The summed E-state index contributed by atoms with van der Waals surface area (Å²) < 4.78 is 26.1. The minimum absolute atomic E-state index is 0.182. The van der Waals surface area contributed by atoms with E-state index in [9.17, 15) is 13.6 Å². The largest absolute Gasteiger partial charge is 0.322 e. The fourth-order valence-electron chi connectivity index (χ4n) is 2.70. The van der Waals surface area contributed by atoms with Crippen molar-refractivity contribution in [3.05, 3.63) is 42.5 Å². The number of halogens is 2. The fourth-order valence-corrected chi connectivity index (χ4v) is 2.70. The molecule has 0 radical (unpaired) electrons. The number of rotatable bonds is 4. The average Bonchev–Trinajstić information content (AvgIpc) is 2.49. The molecule has 0 bridgehead atoms. The van der Waals surface area contributed by atoms with Crippen LogP contribution in [-0.4, -0.2) is 23.5 Å². The highest BCUT2D eigenvalue weighted by atomic mass is 19.2. The number of nitrogens with one attached hydrogen (secondary N) is 1. The second-order valence-corrected chi connectivity index (χ2v) is 5.29. The van der Waals surface area contributed by atoms with Gasteiger partial charge in [0.25, 0.3) is 0 Å². The molecule has 0 aromatic heterocycles. The molecule has 114 valence electrons. The van der Waals surface area contributed by atoms with Crippen LogP contribution in [0, 0.1) is 11.6 Å². The number of anilines is 1. The van der Waals surface area contributed by atoms with E-state index in [1.54, 1.807) is 11.0 Å². The van der Waals surface area contributed by atoms with E-state index in [1.807, 2.05) is 0 Å². The third-order valence-corrected chi connectivity index (χ3v) is 3.77. The first-order valence-electron chi connectivity index (χ1n) is 7.25. The van der Waals surface area contributed by atoms with Gasteiger partial charge in [-0.05, 0) is 25.0 Å². The Bertz CT molecular complexity index is 513. The molecule has 0 saturated heterocycles. The van der Waals surface area contributed by atoms with Crippen LogP contribution in [0.1, 0.15) is 32.1 Å². The number of carbonyl (C=O) groups is 1. The van der Waals surface area contributed by atoms with Crippen molar-refractivity contribution >= 4 is 11.7 Å². The maximum absolute atomic E-state index is 13.2. The van der Waals surface area contributed by atoms with Crippen LogP contribution in [0.5, 0.6) is 0 Å². The van der Waals surface area contributed by atoms with Gasteiger partial charge in [0.05, 0.1) is 0 Å². The van der Waals surface area contributed by atoms with Crippen molar-refractivity contribution in [2.24, 2.45) is 0 Å². The molecule has 0 heterocycles. The van der Waals surface area contributed by atoms with Crippen molar-refractivity contribution in [2.45, 2.75) is 38.1 Å². The molecule has 0 atom stereocenters. The Kier molecular flexibility index (Phi) is 5.31. The molecule has 1 aromatic rings. The van der Waals surface area contributed by atoms with Crippen LogP contribution in [-0.2, 0) is 0 Å². The molecular formula is C16H20F2N2O. The van der Waals surface area contributed by atoms with Gasteiger partial charge in [0.2, 0.25) is 0 Å². The van der Waals surface area contributed by atoms with Crippen molar-refractivity contribution in [1.82, 2.24) is 4.90 Å². The second-order valence-electron chi connectivity index (χ2n) is 5.29. The molecule has 2 amide bonds. The number of hydrogen-bond donors (Lipinski definition) is 1. The monoisotopic (exact) mass is 294 g/mol. The number of hydrogen-bond acceptors (Lipinski definition) is 1. The van der Waals surface area contributed by atoms with Crippen molar-refractivity contribution < 1.29 is 13.6 Å². The van der Waals surface area contributed by atoms with Gasteiger partial charge in [-0.3, -0.25) is 0 Å². The molecule has 5 heteroatoms. The predicted octanol–water partition coefficient (Wildman–Crippen LogP) is 4.32. The molecule has 2 rings (SSSR count). The van der Waals surface area contributed by atoms with Gasteiger partial charge in [-0.1, -0.05) is 25.3 Å². The van der Waals surface area contributed by atoms with E-state index in [4.69, 9.17) is 0 Å². The van der Waals surface area contributed by atoms with Crippen LogP contribution in [0.3, 0.4) is 0 Å². The van der Waals surface area contributed by atoms with Crippen molar-refractivity contribution in [1.29, 1.82) is 0 Å². The first kappa shape index (κ1) is 15.5. The molecular weight excluding hydrogens is 274 g/mol. The Hall–Kier alpha value is -1.91. The van der Waals surface area contributed by atoms with Crippen molar-refractivity contribution in [3.63, 3.8) is 0 Å². The zero-order valence-corrected chi connectivity index (χ0v) is 11.9. The van der Waals surface area contributed by atoms with E-state index >= 15 is 0 Å². The standard InChI is InChI=1S/C16H20F2N2O/c1-2-10-20(13-6-4-3-5-7-13)16(21)19-12-8-9-14(17)15(18)11-12/h2,8-9,11,13H,1,3-7,10H2,(H,19,21). The van der Waals surface area contributed by atoms with Crippen molar-refractivity contribution in [3.8, 4) is 0 Å². The smallest absolute Gasteiger partial charge is 0.318 e. The number of carbonyl (C=O) groups excluding carboxylic acids is 1. The van der Waals surface area contributed by atoms with E-state index in [0.29, 0.717) is 6.54 Å². The number of benzene rings is 1. The average molecular weight is 294 g/mol. The summed E-state index contributed by atoms with van der Waals surface area (Å²) in [5.74, 6) is -1.90. The summed E-state index contributed by atoms with van der Waals surface area (Å²) in [5, 5.41) is 2.62. The highest BCUT2D eigenvalue weighted by Gasteiger charge is 2.24. The van der Waals surface area contributed by atoms with Gasteiger partial charge in [0.15, 0.2) is 11.6 Å². The molecule has 1 aromatic carbocycles. The molecule has 1 aliphatic carbocycles. The molecule has 21 heavy (non-hydrogen) atoms. The second kappa shape index (κ2) is 7.20. The van der Waals surface area contributed by atoms with Crippen LogP contribution < -0.4 is 5.32 Å². The molecule has 0 unspecified atom stereocenters. The highest BCUT2D eigenvalue weighted by Crippen LogP contribution is 2.23. The summed E-state index contributed by atoms with van der Waals surface area (Å²) in [6.07, 6.45) is 7.04. The van der Waals surface area contributed by atoms with Crippen LogP contribution in [0.2, 0.25) is 0 Å². The lowest BCUT2D eigenvalue weighted by atomic mass is 9.94. The summed E-state index contributed by atoms with van der Waals surface area (Å²) in [6.45, 7) is 4.12. The Morgan fingerprint density at radius 1 is 1.29 bits per heavy atom. The van der Waals surface area contributed by atoms with Crippen LogP contribution in [0.25, 0.3) is 0 Å². The van der Waals surface area contributed by atoms with Crippen molar-refractivity contribution in [2.75, 3.05) is 11.9 Å². The summed E-state index contributed by atoms with van der Waals surface area (Å²) in [4.78, 5) is 14.1. The molecule has 1 N–H and O–H groups in total. The van der Waals surface area contributed by atoms with Crippen LogP contribution in [0.4, 0.5) is 19.3 Å². The van der Waals surface area contributed by atoms with Gasteiger partial charge in [0.1, 0.15) is 0 Å². The van der Waals surface area contributed by atoms with Gasteiger partial charge < -0.3 is 10.2 Å².